The Balaban J connectivity index is 2.00. The Morgan fingerprint density at radius 3 is 3.10 bits per heavy atom. The molecule has 1 aliphatic heterocycles. The summed E-state index contributed by atoms with van der Waals surface area (Å²) in [7, 11) is 0.546. The lowest BCUT2D eigenvalue weighted by atomic mass is 9.78. The molecule has 0 saturated carbocycles. The predicted octanol–water partition coefficient (Wildman–Crippen LogP) is 1.80. The summed E-state index contributed by atoms with van der Waals surface area (Å²) in [4.78, 5) is 4.59. The molecule has 1 aliphatic rings. The maximum absolute atomic E-state index is 9.73. The van der Waals surface area contributed by atoms with Gasteiger partial charge in [-0.05, 0) is 35.3 Å². The van der Waals surface area contributed by atoms with Crippen LogP contribution >= 0.6 is 11.6 Å². The average molecular weight is 291 g/mol. The van der Waals surface area contributed by atoms with Crippen LogP contribution in [-0.4, -0.2) is 25.5 Å². The van der Waals surface area contributed by atoms with E-state index in [-0.39, 0.29) is 0 Å². The van der Waals surface area contributed by atoms with Crippen molar-refractivity contribution in [2.45, 2.75) is 6.61 Å². The minimum atomic E-state index is -0.912. The summed E-state index contributed by atoms with van der Waals surface area (Å²) in [6, 6.07) is 7.11. The first-order valence-electron chi connectivity index (χ1n) is 5.98. The Labute approximate surface area is 120 Å². The van der Waals surface area contributed by atoms with E-state index in [4.69, 9.17) is 20.7 Å². The molecule has 5 nitrogen and oxygen atoms in total. The lowest BCUT2D eigenvalue weighted by Gasteiger charge is -2.05. The molecule has 0 aliphatic carbocycles. The van der Waals surface area contributed by atoms with E-state index in [0.29, 0.717) is 34.2 Å². The molecule has 2 aromatic rings. The van der Waals surface area contributed by atoms with Gasteiger partial charge >= 0.3 is 7.12 Å². The van der Waals surface area contributed by atoms with Crippen molar-refractivity contribution < 1.29 is 18.9 Å². The number of nitrogens with zero attached hydrogens (tertiary/aromatic N) is 1. The molecule has 3 rings (SSSR count). The fourth-order valence-corrected chi connectivity index (χ4v) is 2.38. The molecule has 0 fully saturated rings. The number of rotatable bonds is 3. The van der Waals surface area contributed by atoms with Crippen LogP contribution in [-0.2, 0) is 16.1 Å². The monoisotopic (exact) mass is 291 g/mol. The maximum atomic E-state index is 9.73. The second-order valence-electron chi connectivity index (χ2n) is 4.31. The van der Waals surface area contributed by atoms with Gasteiger partial charge in [-0.25, -0.2) is 0 Å². The number of oxime groups is 1. The van der Waals surface area contributed by atoms with Gasteiger partial charge in [-0.3, -0.25) is 0 Å². The Bertz CT molecular complexity index is 670. The number of hydrogen-bond donors (Lipinski definition) is 1. The van der Waals surface area contributed by atoms with E-state index in [1.807, 2.05) is 0 Å². The fourth-order valence-electron chi connectivity index (χ4n) is 2.11. The molecule has 0 saturated heterocycles. The van der Waals surface area contributed by atoms with E-state index in [9.17, 15) is 5.02 Å². The van der Waals surface area contributed by atoms with Crippen molar-refractivity contribution in [1.82, 2.24) is 0 Å². The van der Waals surface area contributed by atoms with Gasteiger partial charge in [0.05, 0.1) is 11.6 Å². The van der Waals surface area contributed by atoms with Crippen LogP contribution in [0.2, 0.25) is 5.02 Å². The summed E-state index contributed by atoms with van der Waals surface area (Å²) >= 11 is 6.25. The van der Waals surface area contributed by atoms with Gasteiger partial charge in [0.25, 0.3) is 0 Å². The topological polar surface area (TPSA) is 64.2 Å². The summed E-state index contributed by atoms with van der Waals surface area (Å²) in [5, 5.41) is 13.9. The van der Waals surface area contributed by atoms with Crippen LogP contribution in [0, 0.1) is 0 Å². The van der Waals surface area contributed by atoms with Crippen LogP contribution in [0.15, 0.2) is 33.8 Å². The second kappa shape index (κ2) is 5.32. The molecule has 2 heterocycles. The summed E-state index contributed by atoms with van der Waals surface area (Å²) in [5.74, 6) is 1.14. The Morgan fingerprint density at radius 1 is 1.45 bits per heavy atom. The number of halogens is 1. The van der Waals surface area contributed by atoms with Crippen LogP contribution in [0.25, 0.3) is 11.3 Å². The van der Waals surface area contributed by atoms with Crippen molar-refractivity contribution in [3.05, 3.63) is 40.6 Å². The highest BCUT2D eigenvalue weighted by atomic mass is 35.5. The van der Waals surface area contributed by atoms with Crippen molar-refractivity contribution in [2.24, 2.45) is 5.16 Å². The zero-order valence-corrected chi connectivity index (χ0v) is 11.4. The first-order valence-corrected chi connectivity index (χ1v) is 6.35. The maximum Gasteiger partial charge on any atom is 0.491 e. The van der Waals surface area contributed by atoms with Gasteiger partial charge in [0.1, 0.15) is 24.8 Å². The number of fused-ring (bicyclic) bond motifs is 1. The molecule has 0 amide bonds. The van der Waals surface area contributed by atoms with Crippen LogP contribution in [0.5, 0.6) is 0 Å². The SMILES string of the molecule is CO/N=C/c1ccc(-c2cc3c(cc2Cl)COB3O)o1. The number of furan rings is 1. The molecule has 1 N–H and O–H groups in total. The minimum Gasteiger partial charge on any atom is -0.455 e. The van der Waals surface area contributed by atoms with Crippen LogP contribution in [0.3, 0.4) is 0 Å². The third-order valence-corrected chi connectivity index (χ3v) is 3.38. The van der Waals surface area contributed by atoms with Gasteiger partial charge in [-0.15, -0.1) is 0 Å². The van der Waals surface area contributed by atoms with Crippen molar-refractivity contribution in [2.75, 3.05) is 7.11 Å². The zero-order valence-electron chi connectivity index (χ0n) is 10.7. The normalized spacial score (nSPS) is 14.1. The molecular formula is C13H11BClNO4. The fraction of sp³-hybridized carbons (Fsp3) is 0.154. The van der Waals surface area contributed by atoms with Gasteiger partial charge in [-0.2, -0.15) is 0 Å². The second-order valence-corrected chi connectivity index (χ2v) is 4.72. The summed E-state index contributed by atoms with van der Waals surface area (Å²) < 4.78 is 10.8. The Morgan fingerprint density at radius 2 is 2.30 bits per heavy atom. The van der Waals surface area contributed by atoms with Crippen LogP contribution < -0.4 is 5.46 Å². The molecule has 0 spiro atoms. The number of hydrogen-bond acceptors (Lipinski definition) is 5. The van der Waals surface area contributed by atoms with Gasteiger partial charge < -0.3 is 18.9 Å². The molecule has 0 radical (unpaired) electrons. The third-order valence-electron chi connectivity index (χ3n) is 3.07. The lowest BCUT2D eigenvalue weighted by molar-refractivity contribution is 0.215. The molecular weight excluding hydrogens is 280 g/mol. The first kappa shape index (κ1) is 13.2. The van der Waals surface area contributed by atoms with Gasteiger partial charge in [0.15, 0.2) is 0 Å². The van der Waals surface area contributed by atoms with Crippen molar-refractivity contribution in [3.63, 3.8) is 0 Å². The van der Waals surface area contributed by atoms with E-state index in [2.05, 4.69) is 9.99 Å². The summed E-state index contributed by atoms with van der Waals surface area (Å²) in [6.45, 7) is 0.362. The summed E-state index contributed by atoms with van der Waals surface area (Å²) in [5.41, 5.74) is 2.30. The first-order chi connectivity index (χ1) is 9.69. The average Bonchev–Trinajstić information content (AvgIpc) is 3.03. The molecule has 0 atom stereocenters. The minimum absolute atomic E-state index is 0.362. The van der Waals surface area contributed by atoms with Crippen LogP contribution in [0.4, 0.5) is 0 Å². The highest BCUT2D eigenvalue weighted by molar-refractivity contribution is 6.61. The van der Waals surface area contributed by atoms with E-state index >= 15 is 0 Å². The Kier molecular flexibility index (Phi) is 3.52. The molecule has 1 aromatic carbocycles. The quantitative estimate of drug-likeness (QED) is 0.532. The van der Waals surface area contributed by atoms with Crippen molar-refractivity contribution in [3.8, 4) is 11.3 Å². The van der Waals surface area contributed by atoms with E-state index in [1.165, 1.54) is 13.3 Å². The molecule has 1 aromatic heterocycles. The van der Waals surface area contributed by atoms with Gasteiger partial charge in [-0.1, -0.05) is 16.8 Å². The third kappa shape index (κ3) is 2.33. The molecule has 0 bridgehead atoms. The van der Waals surface area contributed by atoms with E-state index in [1.54, 1.807) is 24.3 Å². The molecule has 0 unspecified atom stereocenters. The van der Waals surface area contributed by atoms with E-state index in [0.717, 1.165) is 5.56 Å². The van der Waals surface area contributed by atoms with E-state index < -0.39 is 7.12 Å². The number of benzene rings is 1. The Hall–Kier alpha value is -1.76. The summed E-state index contributed by atoms with van der Waals surface area (Å²) in [6.07, 6.45) is 1.46. The molecule has 102 valence electrons. The van der Waals surface area contributed by atoms with Crippen molar-refractivity contribution in [1.29, 1.82) is 0 Å². The highest BCUT2D eigenvalue weighted by Gasteiger charge is 2.29. The largest absolute Gasteiger partial charge is 0.491 e. The molecule has 7 heteroatoms. The predicted molar refractivity (Wildman–Crippen MR) is 76.2 cm³/mol. The van der Waals surface area contributed by atoms with Gasteiger partial charge in [0, 0.05) is 5.56 Å². The highest BCUT2D eigenvalue weighted by Crippen LogP contribution is 2.30. The van der Waals surface area contributed by atoms with Crippen molar-refractivity contribution >= 4 is 30.4 Å². The smallest absolute Gasteiger partial charge is 0.455 e. The van der Waals surface area contributed by atoms with Crippen LogP contribution in [0.1, 0.15) is 11.3 Å². The molecule has 20 heavy (non-hydrogen) atoms. The standard InChI is InChI=1S/C13H11BClNO4/c1-18-16-6-9-2-3-13(20-9)10-5-11-8(4-12(10)15)7-19-14(11)17/h2-6,17H,7H2,1H3/b16-6+. The lowest BCUT2D eigenvalue weighted by Crippen LogP contribution is -2.28. The van der Waals surface area contributed by atoms with Gasteiger partial charge in [0.2, 0.25) is 0 Å². The zero-order chi connectivity index (χ0) is 14.1.